The maximum absolute atomic E-state index is 14.6. The van der Waals surface area contributed by atoms with E-state index in [0.717, 1.165) is 18.2 Å². The highest BCUT2D eigenvalue weighted by Crippen LogP contribution is 2.28. The van der Waals surface area contributed by atoms with Crippen molar-refractivity contribution >= 4 is 58.8 Å². The lowest BCUT2D eigenvalue weighted by Gasteiger charge is -2.39. The minimum Gasteiger partial charge on any atom is -0.461 e. The number of piperidine rings is 1. The molecule has 6 rings (SSSR count). The molecule has 4 heterocycles. The summed E-state index contributed by atoms with van der Waals surface area (Å²) in [5.74, 6) is -7.29. The SMILES string of the molecule is C[C@@H]1C[C@H]2C(=O)OC[C@H](NC(=O)[C@H](Cc3cc(F)cc(F)c3)NC(=O)Nc3ccc(Cl)cc3F)C(=O)N3CCC[C@H]3C(=O)N3CCCC[C@H]3C(=O)N[C@@H](C)C(=O)N2C1. The molecule has 58 heavy (non-hydrogen) atoms. The van der Waals surface area contributed by atoms with Crippen LogP contribution in [0.5, 0.6) is 0 Å². The van der Waals surface area contributed by atoms with Crippen LogP contribution in [0.3, 0.4) is 0 Å². The zero-order chi connectivity index (χ0) is 41.8. The average Bonchev–Trinajstić information content (AvgIpc) is 3.83. The molecule has 7 amide bonds. The minimum atomic E-state index is -1.66. The number of cyclic esters (lactones) is 1. The Morgan fingerprint density at radius 1 is 0.862 bits per heavy atom. The summed E-state index contributed by atoms with van der Waals surface area (Å²) in [6, 6.07) is -2.59. The van der Waals surface area contributed by atoms with Gasteiger partial charge in [-0.05, 0) is 87.3 Å². The molecule has 4 fully saturated rings. The van der Waals surface area contributed by atoms with Crippen LogP contribution in [-0.2, 0) is 39.9 Å². The van der Waals surface area contributed by atoms with Crippen LogP contribution in [0.1, 0.15) is 57.9 Å². The van der Waals surface area contributed by atoms with Gasteiger partial charge in [-0.1, -0.05) is 18.5 Å². The summed E-state index contributed by atoms with van der Waals surface area (Å²) in [6.07, 6.45) is 1.91. The van der Waals surface area contributed by atoms with Crippen LogP contribution in [0.2, 0.25) is 5.02 Å². The van der Waals surface area contributed by atoms with Crippen molar-refractivity contribution in [1.82, 2.24) is 30.7 Å². The standard InChI is InChI=1S/C39H45ClF3N7O8/c1-20-12-32-38(56)58-19-29(45-33(51)28(15-22-13-24(41)17-25(42)14-22)47-39(57)46-27-9-8-23(40)16-26(27)43)36(54)49-11-5-7-31(49)37(55)48-10-4-3-6-30(48)34(52)44-21(2)35(53)50(32)18-20/h8-9,13-14,16-17,20-21,28-32H,3-7,10-12,15,18-19H2,1-2H3,(H,44,52)(H,45,51)(H2,46,47,57)/t20-,21+,28+,29+,30+,31+,32+/m1/s1. The van der Waals surface area contributed by atoms with Gasteiger partial charge in [0, 0.05) is 37.1 Å². The fourth-order valence-electron chi connectivity index (χ4n) is 8.07. The van der Waals surface area contributed by atoms with Crippen LogP contribution in [0, 0.1) is 23.4 Å². The van der Waals surface area contributed by atoms with Gasteiger partial charge < -0.3 is 40.7 Å². The van der Waals surface area contributed by atoms with Crippen molar-refractivity contribution in [3.63, 3.8) is 0 Å². The van der Waals surface area contributed by atoms with E-state index < -0.39 is 108 Å². The Morgan fingerprint density at radius 2 is 1.55 bits per heavy atom. The second-order valence-corrected chi connectivity index (χ2v) is 15.7. The van der Waals surface area contributed by atoms with Crippen LogP contribution < -0.4 is 21.3 Å². The molecule has 0 aromatic heterocycles. The van der Waals surface area contributed by atoms with Gasteiger partial charge >= 0.3 is 12.0 Å². The largest absolute Gasteiger partial charge is 0.461 e. The van der Waals surface area contributed by atoms with Crippen molar-refractivity contribution in [3.8, 4) is 0 Å². The molecular formula is C39H45ClF3N7O8. The minimum absolute atomic E-state index is 0.0490. The Labute approximate surface area is 337 Å². The quantitative estimate of drug-likeness (QED) is 0.320. The number of nitrogens with one attached hydrogen (secondary N) is 4. The summed E-state index contributed by atoms with van der Waals surface area (Å²) in [6.45, 7) is 3.07. The first-order valence-electron chi connectivity index (χ1n) is 19.3. The molecule has 0 bridgehead atoms. The summed E-state index contributed by atoms with van der Waals surface area (Å²) >= 11 is 5.82. The van der Waals surface area contributed by atoms with Crippen molar-refractivity contribution in [1.29, 1.82) is 0 Å². The predicted molar refractivity (Wildman–Crippen MR) is 201 cm³/mol. The summed E-state index contributed by atoms with van der Waals surface area (Å²) in [5, 5.41) is 9.89. The first kappa shape index (κ1) is 42.2. The molecule has 0 spiro atoms. The number of rotatable bonds is 6. The molecule has 7 atom stereocenters. The molecule has 2 aromatic rings. The summed E-state index contributed by atoms with van der Waals surface area (Å²) in [5.41, 5.74) is -0.371. The Bertz CT molecular complexity index is 1950. The second-order valence-electron chi connectivity index (χ2n) is 15.3. The third kappa shape index (κ3) is 9.65. The van der Waals surface area contributed by atoms with E-state index >= 15 is 0 Å². The molecule has 4 N–H and O–H groups in total. The predicted octanol–water partition coefficient (Wildman–Crippen LogP) is 2.65. The third-order valence-corrected chi connectivity index (χ3v) is 11.1. The Hall–Kier alpha value is -5.39. The number of hydrogen-bond donors (Lipinski definition) is 4. The van der Waals surface area contributed by atoms with E-state index in [1.807, 2.05) is 6.92 Å². The first-order valence-corrected chi connectivity index (χ1v) is 19.6. The number of carbonyl (C=O) groups excluding carboxylic acids is 7. The molecule has 0 unspecified atom stereocenters. The molecule has 0 saturated carbocycles. The van der Waals surface area contributed by atoms with E-state index in [1.165, 1.54) is 33.8 Å². The van der Waals surface area contributed by atoms with E-state index in [-0.39, 0.29) is 54.7 Å². The highest BCUT2D eigenvalue weighted by Gasteiger charge is 2.46. The van der Waals surface area contributed by atoms with Gasteiger partial charge in [0.05, 0.1) is 5.69 Å². The molecule has 0 radical (unpaired) electrons. The number of esters is 1. The number of urea groups is 1. The number of ether oxygens (including phenoxy) is 1. The number of anilines is 1. The van der Waals surface area contributed by atoms with Crippen molar-refractivity contribution in [2.24, 2.45) is 5.92 Å². The maximum Gasteiger partial charge on any atom is 0.328 e. The number of nitrogens with zero attached hydrogens (tertiary/aromatic N) is 3. The van der Waals surface area contributed by atoms with Gasteiger partial charge in [0.2, 0.25) is 29.5 Å². The molecule has 4 saturated heterocycles. The van der Waals surface area contributed by atoms with E-state index in [1.54, 1.807) is 0 Å². The zero-order valence-corrected chi connectivity index (χ0v) is 32.7. The number of hydrogen-bond acceptors (Lipinski definition) is 8. The van der Waals surface area contributed by atoms with Crippen molar-refractivity contribution < 1.29 is 51.5 Å². The van der Waals surface area contributed by atoms with E-state index in [9.17, 15) is 46.7 Å². The zero-order valence-electron chi connectivity index (χ0n) is 31.9. The maximum atomic E-state index is 14.6. The molecule has 4 aliphatic rings. The summed E-state index contributed by atoms with van der Waals surface area (Å²) < 4.78 is 48.7. The Kier molecular flexibility index (Phi) is 13.1. The smallest absolute Gasteiger partial charge is 0.328 e. The van der Waals surface area contributed by atoms with E-state index in [0.29, 0.717) is 31.7 Å². The van der Waals surface area contributed by atoms with Gasteiger partial charge in [0.25, 0.3) is 0 Å². The number of amides is 7. The Morgan fingerprint density at radius 3 is 2.28 bits per heavy atom. The van der Waals surface area contributed by atoms with Crippen molar-refractivity contribution in [2.45, 2.75) is 95.0 Å². The van der Waals surface area contributed by atoms with Crippen LogP contribution in [0.25, 0.3) is 0 Å². The lowest BCUT2D eigenvalue weighted by Crippen LogP contribution is -2.62. The normalized spacial score (nSPS) is 26.2. The van der Waals surface area contributed by atoms with Gasteiger partial charge in [-0.25, -0.2) is 22.8 Å². The second kappa shape index (κ2) is 18.0. The fraction of sp³-hybridized carbons (Fsp3) is 0.513. The number of fused-ring (bicyclic) bond motifs is 3. The summed E-state index contributed by atoms with van der Waals surface area (Å²) in [4.78, 5) is 101. The summed E-state index contributed by atoms with van der Waals surface area (Å²) in [7, 11) is 0. The van der Waals surface area contributed by atoms with Crippen LogP contribution in [0.4, 0.5) is 23.7 Å². The van der Waals surface area contributed by atoms with Gasteiger partial charge in [0.1, 0.15) is 60.3 Å². The van der Waals surface area contributed by atoms with E-state index in [4.69, 9.17) is 16.3 Å². The lowest BCUT2D eigenvalue weighted by molar-refractivity contribution is -0.158. The highest BCUT2D eigenvalue weighted by molar-refractivity contribution is 6.30. The van der Waals surface area contributed by atoms with Crippen LogP contribution >= 0.6 is 11.6 Å². The van der Waals surface area contributed by atoms with Gasteiger partial charge in [-0.3, -0.25) is 24.0 Å². The average molecular weight is 832 g/mol. The van der Waals surface area contributed by atoms with Crippen molar-refractivity contribution in [3.05, 3.63) is 64.4 Å². The number of benzene rings is 2. The number of halogens is 4. The molecular weight excluding hydrogens is 787 g/mol. The van der Waals surface area contributed by atoms with Gasteiger partial charge in [-0.15, -0.1) is 0 Å². The Balaban J connectivity index is 1.32. The van der Waals surface area contributed by atoms with Crippen LogP contribution in [-0.4, -0.2) is 119 Å². The van der Waals surface area contributed by atoms with Gasteiger partial charge in [0.15, 0.2) is 0 Å². The van der Waals surface area contributed by atoms with Crippen molar-refractivity contribution in [2.75, 3.05) is 31.6 Å². The van der Waals surface area contributed by atoms with Gasteiger partial charge in [-0.2, -0.15) is 0 Å². The molecule has 2 aromatic carbocycles. The molecule has 19 heteroatoms. The molecule has 0 aliphatic carbocycles. The van der Waals surface area contributed by atoms with Crippen LogP contribution in [0.15, 0.2) is 36.4 Å². The molecule has 15 nitrogen and oxygen atoms in total. The molecule has 312 valence electrons. The topological polar surface area (TPSA) is 187 Å². The highest BCUT2D eigenvalue weighted by atomic mass is 35.5. The van der Waals surface area contributed by atoms with E-state index in [2.05, 4.69) is 21.3 Å². The first-order chi connectivity index (χ1) is 27.6. The number of carbonyl (C=O) groups is 7. The monoisotopic (exact) mass is 831 g/mol. The molecule has 4 aliphatic heterocycles. The lowest BCUT2D eigenvalue weighted by atomic mass is 9.99. The fourth-order valence-corrected chi connectivity index (χ4v) is 8.23. The third-order valence-electron chi connectivity index (χ3n) is 10.9.